The Balaban J connectivity index is 2.06. The van der Waals surface area contributed by atoms with Gasteiger partial charge in [0.2, 0.25) is 0 Å². The van der Waals surface area contributed by atoms with E-state index in [9.17, 15) is 0 Å². The molecule has 1 aliphatic carbocycles. The van der Waals surface area contributed by atoms with Gasteiger partial charge in [-0.05, 0) is 24.7 Å². The van der Waals surface area contributed by atoms with Crippen molar-refractivity contribution in [1.29, 1.82) is 5.26 Å². The van der Waals surface area contributed by atoms with Crippen LogP contribution in [-0.2, 0) is 0 Å². The maximum atomic E-state index is 8.39. The van der Waals surface area contributed by atoms with Crippen LogP contribution in [0.2, 0.25) is 0 Å². The van der Waals surface area contributed by atoms with Crippen LogP contribution < -0.4 is 0 Å². The first-order chi connectivity index (χ1) is 5.83. The molecule has 0 radical (unpaired) electrons. The van der Waals surface area contributed by atoms with E-state index < -0.39 is 0 Å². The van der Waals surface area contributed by atoms with Crippen LogP contribution in [0.1, 0.15) is 51.9 Å². The van der Waals surface area contributed by atoms with Crippen LogP contribution in [0.3, 0.4) is 0 Å². The number of nitrogens with zero attached hydrogens (tertiary/aromatic N) is 1. The monoisotopic (exact) mass is 165 g/mol. The Morgan fingerprint density at radius 3 is 2.50 bits per heavy atom. The van der Waals surface area contributed by atoms with Gasteiger partial charge in [-0.3, -0.25) is 0 Å². The summed E-state index contributed by atoms with van der Waals surface area (Å²) in [5.74, 6) is 1.90. The van der Waals surface area contributed by atoms with Gasteiger partial charge in [0.25, 0.3) is 0 Å². The van der Waals surface area contributed by atoms with E-state index in [4.69, 9.17) is 5.26 Å². The van der Waals surface area contributed by atoms with Gasteiger partial charge in [-0.25, -0.2) is 0 Å². The van der Waals surface area contributed by atoms with Crippen molar-refractivity contribution in [1.82, 2.24) is 0 Å². The summed E-state index contributed by atoms with van der Waals surface area (Å²) in [4.78, 5) is 0. The first-order valence-electron chi connectivity index (χ1n) is 5.20. The Kier molecular flexibility index (Phi) is 4.14. The minimum atomic E-state index is 0.756. The first kappa shape index (κ1) is 9.58. The lowest BCUT2D eigenvalue weighted by atomic mass is 9.81. The van der Waals surface area contributed by atoms with Crippen molar-refractivity contribution in [2.75, 3.05) is 0 Å². The molecule has 0 aromatic rings. The van der Waals surface area contributed by atoms with Crippen LogP contribution in [0.25, 0.3) is 0 Å². The van der Waals surface area contributed by atoms with E-state index >= 15 is 0 Å². The highest BCUT2D eigenvalue weighted by molar-refractivity contribution is 4.73. The molecule has 0 spiro atoms. The molecule has 1 saturated carbocycles. The van der Waals surface area contributed by atoms with Gasteiger partial charge in [-0.15, -0.1) is 0 Å². The molecule has 0 aromatic carbocycles. The fraction of sp³-hybridized carbons (Fsp3) is 0.909. The lowest BCUT2D eigenvalue weighted by molar-refractivity contribution is 0.274. The summed E-state index contributed by atoms with van der Waals surface area (Å²) in [6.07, 6.45) is 8.81. The standard InChI is InChI=1S/C11H19N/c1-10-5-7-11(8-6-10)4-2-3-9-12/h10-11H,2-8H2,1H3. The molecule has 1 nitrogen and oxygen atoms in total. The van der Waals surface area contributed by atoms with E-state index in [-0.39, 0.29) is 0 Å². The smallest absolute Gasteiger partial charge is 0.0621 e. The molecule has 0 aliphatic heterocycles. The lowest BCUT2D eigenvalue weighted by Crippen LogP contribution is -2.11. The molecular formula is C11H19N. The summed E-state index contributed by atoms with van der Waals surface area (Å²) in [5.41, 5.74) is 0. The van der Waals surface area contributed by atoms with Crippen LogP contribution in [0.5, 0.6) is 0 Å². The van der Waals surface area contributed by atoms with Gasteiger partial charge < -0.3 is 0 Å². The molecule has 1 rings (SSSR count). The molecule has 0 bridgehead atoms. The zero-order valence-electron chi connectivity index (χ0n) is 8.05. The highest BCUT2D eigenvalue weighted by Crippen LogP contribution is 2.31. The molecule has 0 N–H and O–H groups in total. The number of unbranched alkanes of at least 4 members (excludes halogenated alkanes) is 1. The van der Waals surface area contributed by atoms with Gasteiger partial charge >= 0.3 is 0 Å². The molecule has 1 heteroatoms. The number of rotatable bonds is 3. The SMILES string of the molecule is CC1CCC(CCCC#N)CC1. The van der Waals surface area contributed by atoms with Crippen LogP contribution in [0, 0.1) is 23.2 Å². The molecule has 68 valence electrons. The van der Waals surface area contributed by atoms with Gasteiger partial charge in [-0.1, -0.05) is 32.6 Å². The minimum Gasteiger partial charge on any atom is -0.198 e. The Morgan fingerprint density at radius 2 is 1.92 bits per heavy atom. The van der Waals surface area contributed by atoms with Gasteiger partial charge in [0, 0.05) is 6.42 Å². The summed E-state index contributed by atoms with van der Waals surface area (Å²) in [6.45, 7) is 2.35. The largest absolute Gasteiger partial charge is 0.198 e. The van der Waals surface area contributed by atoms with Gasteiger partial charge in [0.1, 0.15) is 0 Å². The Morgan fingerprint density at radius 1 is 1.25 bits per heavy atom. The van der Waals surface area contributed by atoms with Crippen molar-refractivity contribution >= 4 is 0 Å². The van der Waals surface area contributed by atoms with Crippen LogP contribution in [0.4, 0.5) is 0 Å². The van der Waals surface area contributed by atoms with Gasteiger partial charge in [0.05, 0.1) is 6.07 Å². The lowest BCUT2D eigenvalue weighted by Gasteiger charge is -2.25. The molecule has 0 unspecified atom stereocenters. The fourth-order valence-electron chi connectivity index (χ4n) is 2.09. The van der Waals surface area contributed by atoms with E-state index in [0.717, 1.165) is 24.7 Å². The van der Waals surface area contributed by atoms with Crippen LogP contribution >= 0.6 is 0 Å². The second-order valence-electron chi connectivity index (χ2n) is 4.18. The van der Waals surface area contributed by atoms with Crippen molar-refractivity contribution in [3.63, 3.8) is 0 Å². The molecule has 1 aliphatic rings. The Labute approximate surface area is 75.8 Å². The maximum absolute atomic E-state index is 8.39. The van der Waals surface area contributed by atoms with Crippen LogP contribution in [-0.4, -0.2) is 0 Å². The predicted molar refractivity (Wildman–Crippen MR) is 50.6 cm³/mol. The Bertz CT molecular complexity index is 149. The summed E-state index contributed by atoms with van der Waals surface area (Å²) < 4.78 is 0. The first-order valence-corrected chi connectivity index (χ1v) is 5.20. The maximum Gasteiger partial charge on any atom is 0.0621 e. The van der Waals surface area contributed by atoms with E-state index in [2.05, 4.69) is 13.0 Å². The number of nitriles is 1. The molecule has 12 heavy (non-hydrogen) atoms. The van der Waals surface area contributed by atoms with Gasteiger partial charge in [-0.2, -0.15) is 5.26 Å². The highest BCUT2D eigenvalue weighted by Gasteiger charge is 2.17. The van der Waals surface area contributed by atoms with Gasteiger partial charge in [0.15, 0.2) is 0 Å². The number of hydrogen-bond donors (Lipinski definition) is 0. The van der Waals surface area contributed by atoms with Crippen molar-refractivity contribution < 1.29 is 0 Å². The quantitative estimate of drug-likeness (QED) is 0.587. The average molecular weight is 165 g/mol. The van der Waals surface area contributed by atoms with E-state index in [1.54, 1.807) is 0 Å². The van der Waals surface area contributed by atoms with E-state index in [1.807, 2.05) is 0 Å². The van der Waals surface area contributed by atoms with E-state index in [1.165, 1.54) is 32.1 Å². The molecule has 1 fully saturated rings. The van der Waals surface area contributed by atoms with Crippen molar-refractivity contribution in [2.24, 2.45) is 11.8 Å². The summed E-state index contributed by atoms with van der Waals surface area (Å²) in [5, 5.41) is 8.39. The Hall–Kier alpha value is -0.510. The number of hydrogen-bond acceptors (Lipinski definition) is 1. The molecule has 0 saturated heterocycles. The molecule has 0 aromatic heterocycles. The van der Waals surface area contributed by atoms with Crippen molar-refractivity contribution in [2.45, 2.75) is 51.9 Å². The zero-order chi connectivity index (χ0) is 8.81. The molecule has 0 amide bonds. The molecule has 0 heterocycles. The minimum absolute atomic E-state index is 0.756. The third kappa shape index (κ3) is 3.26. The molecular weight excluding hydrogens is 146 g/mol. The normalized spacial score (nSPS) is 29.7. The molecule has 0 atom stereocenters. The summed E-state index contributed by atoms with van der Waals surface area (Å²) in [6, 6.07) is 2.22. The summed E-state index contributed by atoms with van der Waals surface area (Å²) >= 11 is 0. The summed E-state index contributed by atoms with van der Waals surface area (Å²) in [7, 11) is 0. The van der Waals surface area contributed by atoms with Crippen LogP contribution in [0.15, 0.2) is 0 Å². The second-order valence-corrected chi connectivity index (χ2v) is 4.18. The van der Waals surface area contributed by atoms with Crippen molar-refractivity contribution in [3.05, 3.63) is 0 Å². The second kappa shape index (κ2) is 5.19. The highest BCUT2D eigenvalue weighted by atomic mass is 14.2. The fourth-order valence-corrected chi connectivity index (χ4v) is 2.09. The van der Waals surface area contributed by atoms with Crippen molar-refractivity contribution in [3.8, 4) is 6.07 Å². The average Bonchev–Trinajstić information content (AvgIpc) is 2.09. The third-order valence-corrected chi connectivity index (χ3v) is 3.04. The topological polar surface area (TPSA) is 23.8 Å². The van der Waals surface area contributed by atoms with E-state index in [0.29, 0.717) is 0 Å². The predicted octanol–water partition coefficient (Wildman–Crippen LogP) is 3.51. The zero-order valence-corrected chi connectivity index (χ0v) is 8.05. The third-order valence-electron chi connectivity index (χ3n) is 3.04.